The Hall–Kier alpha value is -3.33. The SMILES string of the molecule is O=C(C1CCN(Cc2nc(-c3ccccc3)no2)CC1)N1CCN(c2ncccn2)CC1. The molecule has 2 saturated heterocycles. The molecule has 0 aliphatic carbocycles. The van der Waals surface area contributed by atoms with Crippen molar-refractivity contribution in [3.05, 3.63) is 54.7 Å². The van der Waals surface area contributed by atoms with Crippen molar-refractivity contribution >= 4 is 11.9 Å². The molecule has 0 radical (unpaired) electrons. The fourth-order valence-electron chi connectivity index (χ4n) is 4.39. The number of hydrogen-bond acceptors (Lipinski definition) is 8. The maximum atomic E-state index is 13.0. The van der Waals surface area contributed by atoms with Gasteiger partial charge >= 0.3 is 0 Å². The predicted molar refractivity (Wildman–Crippen MR) is 119 cm³/mol. The average Bonchev–Trinajstić information content (AvgIpc) is 3.34. The normalized spacial score (nSPS) is 18.1. The first kappa shape index (κ1) is 20.6. The van der Waals surface area contributed by atoms with Crippen molar-refractivity contribution in [3.8, 4) is 11.4 Å². The van der Waals surface area contributed by atoms with E-state index in [1.54, 1.807) is 12.4 Å². The second kappa shape index (κ2) is 9.44. The van der Waals surface area contributed by atoms with Gasteiger partial charge in [0, 0.05) is 50.1 Å². The Morgan fingerprint density at radius 2 is 1.66 bits per heavy atom. The number of benzene rings is 1. The van der Waals surface area contributed by atoms with Gasteiger partial charge in [-0.3, -0.25) is 9.69 Å². The highest BCUT2D eigenvalue weighted by Gasteiger charge is 2.31. The van der Waals surface area contributed by atoms with E-state index in [1.165, 1.54) is 0 Å². The Morgan fingerprint density at radius 1 is 0.938 bits per heavy atom. The average molecular weight is 434 g/mol. The Balaban J connectivity index is 1.09. The summed E-state index contributed by atoms with van der Waals surface area (Å²) in [5.41, 5.74) is 0.950. The summed E-state index contributed by atoms with van der Waals surface area (Å²) in [6.45, 7) is 5.33. The molecule has 9 heteroatoms. The van der Waals surface area contributed by atoms with Gasteiger partial charge in [-0.1, -0.05) is 35.5 Å². The Kier molecular flexibility index (Phi) is 6.06. The molecule has 9 nitrogen and oxygen atoms in total. The third-order valence-corrected chi connectivity index (χ3v) is 6.22. The van der Waals surface area contributed by atoms with Gasteiger partial charge in [-0.25, -0.2) is 9.97 Å². The van der Waals surface area contributed by atoms with Gasteiger partial charge in [-0.05, 0) is 32.0 Å². The van der Waals surface area contributed by atoms with Crippen molar-refractivity contribution in [2.75, 3.05) is 44.2 Å². The molecule has 4 heterocycles. The number of piperidine rings is 1. The summed E-state index contributed by atoms with van der Waals surface area (Å²) in [6, 6.07) is 11.6. The van der Waals surface area contributed by atoms with Crippen molar-refractivity contribution in [2.45, 2.75) is 19.4 Å². The van der Waals surface area contributed by atoms with E-state index in [9.17, 15) is 4.79 Å². The molecule has 0 atom stereocenters. The smallest absolute Gasteiger partial charge is 0.241 e. The van der Waals surface area contributed by atoms with E-state index in [2.05, 4.69) is 29.9 Å². The van der Waals surface area contributed by atoms with Gasteiger partial charge in [-0.2, -0.15) is 4.98 Å². The maximum Gasteiger partial charge on any atom is 0.241 e. The number of carbonyl (C=O) groups is 1. The summed E-state index contributed by atoms with van der Waals surface area (Å²) >= 11 is 0. The number of likely N-dealkylation sites (tertiary alicyclic amines) is 1. The summed E-state index contributed by atoms with van der Waals surface area (Å²) in [5.74, 6) is 2.35. The lowest BCUT2D eigenvalue weighted by molar-refractivity contribution is -0.137. The zero-order valence-electron chi connectivity index (χ0n) is 18.0. The van der Waals surface area contributed by atoms with Crippen LogP contribution in [0.1, 0.15) is 18.7 Å². The van der Waals surface area contributed by atoms with E-state index in [4.69, 9.17) is 4.52 Å². The second-order valence-electron chi connectivity index (χ2n) is 8.29. The highest BCUT2D eigenvalue weighted by atomic mass is 16.5. The van der Waals surface area contributed by atoms with Crippen molar-refractivity contribution in [1.29, 1.82) is 0 Å². The van der Waals surface area contributed by atoms with Gasteiger partial charge < -0.3 is 14.3 Å². The van der Waals surface area contributed by atoms with E-state index < -0.39 is 0 Å². The highest BCUT2D eigenvalue weighted by Crippen LogP contribution is 2.23. The predicted octanol–water partition coefficient (Wildman–Crippen LogP) is 2.09. The fourth-order valence-corrected chi connectivity index (χ4v) is 4.39. The highest BCUT2D eigenvalue weighted by molar-refractivity contribution is 5.79. The molecule has 0 unspecified atom stereocenters. The maximum absolute atomic E-state index is 13.0. The number of rotatable bonds is 5. The van der Waals surface area contributed by atoms with E-state index in [1.807, 2.05) is 41.3 Å². The van der Waals surface area contributed by atoms with Crippen LogP contribution in [0.2, 0.25) is 0 Å². The number of piperazine rings is 1. The van der Waals surface area contributed by atoms with E-state index in [-0.39, 0.29) is 11.8 Å². The monoisotopic (exact) mass is 433 g/mol. The van der Waals surface area contributed by atoms with Crippen LogP contribution >= 0.6 is 0 Å². The Bertz CT molecular complexity index is 1010. The molecule has 32 heavy (non-hydrogen) atoms. The topological polar surface area (TPSA) is 91.5 Å². The van der Waals surface area contributed by atoms with Crippen LogP contribution in [0.5, 0.6) is 0 Å². The Labute approximate surface area is 187 Å². The van der Waals surface area contributed by atoms with E-state index >= 15 is 0 Å². The van der Waals surface area contributed by atoms with Crippen LogP contribution in [0.4, 0.5) is 5.95 Å². The standard InChI is InChI=1S/C23H27N7O2/c31-22(29-13-15-30(16-14-29)23-24-9-4-10-25-23)19-7-11-28(12-8-19)17-20-26-21(27-32-20)18-5-2-1-3-6-18/h1-6,9-10,19H,7-8,11-17H2. The van der Waals surface area contributed by atoms with Gasteiger partial charge in [0.05, 0.1) is 6.54 Å². The fraction of sp³-hybridized carbons (Fsp3) is 0.435. The van der Waals surface area contributed by atoms with Gasteiger partial charge in [0.2, 0.25) is 23.6 Å². The third kappa shape index (κ3) is 4.62. The molecule has 1 amide bonds. The molecule has 5 rings (SSSR count). The molecule has 3 aromatic rings. The minimum absolute atomic E-state index is 0.0911. The summed E-state index contributed by atoms with van der Waals surface area (Å²) in [7, 11) is 0. The zero-order chi connectivity index (χ0) is 21.8. The molecular formula is C23H27N7O2. The third-order valence-electron chi connectivity index (χ3n) is 6.22. The van der Waals surface area contributed by atoms with Crippen LogP contribution in [-0.4, -0.2) is 75.1 Å². The number of amides is 1. The minimum Gasteiger partial charge on any atom is -0.339 e. The molecule has 0 saturated carbocycles. The zero-order valence-corrected chi connectivity index (χ0v) is 18.0. The van der Waals surface area contributed by atoms with Crippen LogP contribution in [-0.2, 0) is 11.3 Å². The molecule has 0 bridgehead atoms. The van der Waals surface area contributed by atoms with Crippen molar-refractivity contribution < 1.29 is 9.32 Å². The quantitative estimate of drug-likeness (QED) is 0.604. The molecule has 0 spiro atoms. The number of anilines is 1. The first-order chi connectivity index (χ1) is 15.8. The first-order valence-electron chi connectivity index (χ1n) is 11.2. The molecule has 0 N–H and O–H groups in total. The van der Waals surface area contributed by atoms with Crippen LogP contribution < -0.4 is 4.90 Å². The van der Waals surface area contributed by atoms with Crippen LogP contribution in [0.25, 0.3) is 11.4 Å². The molecule has 166 valence electrons. The number of carbonyl (C=O) groups excluding carboxylic acids is 1. The summed E-state index contributed by atoms with van der Waals surface area (Å²) in [6.07, 6.45) is 5.23. The van der Waals surface area contributed by atoms with Crippen molar-refractivity contribution in [2.24, 2.45) is 5.92 Å². The first-order valence-corrected chi connectivity index (χ1v) is 11.2. The van der Waals surface area contributed by atoms with Gasteiger partial charge in [0.15, 0.2) is 0 Å². The lowest BCUT2D eigenvalue weighted by atomic mass is 9.95. The molecule has 2 aromatic heterocycles. The second-order valence-corrected chi connectivity index (χ2v) is 8.29. The number of hydrogen-bond donors (Lipinski definition) is 0. The van der Waals surface area contributed by atoms with E-state index in [0.717, 1.165) is 63.6 Å². The van der Waals surface area contributed by atoms with Crippen molar-refractivity contribution in [1.82, 2.24) is 29.9 Å². The van der Waals surface area contributed by atoms with Crippen LogP contribution in [0, 0.1) is 5.92 Å². The lowest BCUT2D eigenvalue weighted by Gasteiger charge is -2.38. The van der Waals surface area contributed by atoms with Crippen LogP contribution in [0.3, 0.4) is 0 Å². The molecular weight excluding hydrogens is 406 g/mol. The molecule has 2 aliphatic rings. The summed E-state index contributed by atoms with van der Waals surface area (Å²) < 4.78 is 5.44. The van der Waals surface area contributed by atoms with Crippen molar-refractivity contribution in [3.63, 3.8) is 0 Å². The van der Waals surface area contributed by atoms with Gasteiger partial charge in [0.25, 0.3) is 0 Å². The molecule has 1 aromatic carbocycles. The van der Waals surface area contributed by atoms with Crippen LogP contribution in [0.15, 0.2) is 53.3 Å². The summed E-state index contributed by atoms with van der Waals surface area (Å²) in [5, 5.41) is 4.10. The molecule has 2 aliphatic heterocycles. The van der Waals surface area contributed by atoms with E-state index in [0.29, 0.717) is 18.3 Å². The lowest BCUT2D eigenvalue weighted by Crippen LogP contribution is -2.52. The Morgan fingerprint density at radius 3 is 2.38 bits per heavy atom. The van der Waals surface area contributed by atoms with Gasteiger partial charge in [0.1, 0.15) is 0 Å². The summed E-state index contributed by atoms with van der Waals surface area (Å²) in [4.78, 5) is 32.6. The number of aromatic nitrogens is 4. The number of nitrogens with zero attached hydrogens (tertiary/aromatic N) is 7. The van der Waals surface area contributed by atoms with Gasteiger partial charge in [-0.15, -0.1) is 0 Å². The molecule has 2 fully saturated rings. The largest absolute Gasteiger partial charge is 0.339 e. The minimum atomic E-state index is 0.0911.